The van der Waals surface area contributed by atoms with Crippen LogP contribution in [-0.4, -0.2) is 52.6 Å². The van der Waals surface area contributed by atoms with Gasteiger partial charge in [0.1, 0.15) is 6.10 Å². The number of amides is 1. The number of hydrogen-bond acceptors (Lipinski definition) is 6. The SMILES string of the molecule is Cc1ncc(CC(=O)NC2CCC(CCN3CCc4ccc(OC5CCCC5)nc4CC3)CC2)s1. The smallest absolute Gasteiger partial charge is 0.225 e. The molecule has 0 spiro atoms. The molecule has 0 aromatic carbocycles. The number of carbonyl (C=O) groups is 1. The molecule has 1 aliphatic heterocycles. The summed E-state index contributed by atoms with van der Waals surface area (Å²) >= 11 is 1.62. The Kier molecular flexibility index (Phi) is 8.35. The molecular formula is C28H40N4O2S. The zero-order chi connectivity index (χ0) is 24.0. The van der Waals surface area contributed by atoms with E-state index in [0.717, 1.165) is 60.5 Å². The van der Waals surface area contributed by atoms with Gasteiger partial charge >= 0.3 is 0 Å². The van der Waals surface area contributed by atoms with Crippen LogP contribution >= 0.6 is 11.3 Å². The van der Waals surface area contributed by atoms with E-state index in [1.54, 1.807) is 11.3 Å². The van der Waals surface area contributed by atoms with Gasteiger partial charge in [0.2, 0.25) is 11.8 Å². The second kappa shape index (κ2) is 11.8. The fourth-order valence-electron chi connectivity index (χ4n) is 5.96. The van der Waals surface area contributed by atoms with E-state index in [4.69, 9.17) is 9.72 Å². The van der Waals surface area contributed by atoms with Gasteiger partial charge < -0.3 is 15.0 Å². The van der Waals surface area contributed by atoms with Gasteiger partial charge in [0.25, 0.3) is 0 Å². The first-order chi connectivity index (χ1) is 17.1. The lowest BCUT2D eigenvalue weighted by Gasteiger charge is -2.30. The van der Waals surface area contributed by atoms with Crippen molar-refractivity contribution in [2.45, 2.75) is 96.1 Å². The average Bonchev–Trinajstić information content (AvgIpc) is 3.46. The number of fused-ring (bicyclic) bond motifs is 1. The van der Waals surface area contributed by atoms with Crippen molar-refractivity contribution in [3.63, 3.8) is 0 Å². The molecule has 0 radical (unpaired) electrons. The molecule has 0 saturated heterocycles. The number of aryl methyl sites for hydroxylation is 1. The Morgan fingerprint density at radius 1 is 1.11 bits per heavy atom. The van der Waals surface area contributed by atoms with Crippen molar-refractivity contribution < 1.29 is 9.53 Å². The molecule has 7 heteroatoms. The highest BCUT2D eigenvalue weighted by Crippen LogP contribution is 2.28. The maximum atomic E-state index is 12.4. The number of nitrogens with zero attached hydrogens (tertiary/aromatic N) is 3. The maximum Gasteiger partial charge on any atom is 0.225 e. The van der Waals surface area contributed by atoms with Crippen LogP contribution in [0, 0.1) is 12.8 Å². The van der Waals surface area contributed by atoms with Crippen LogP contribution in [0.1, 0.15) is 78.9 Å². The summed E-state index contributed by atoms with van der Waals surface area (Å²) in [5.41, 5.74) is 2.64. The van der Waals surface area contributed by atoms with E-state index in [1.807, 2.05) is 13.1 Å². The zero-order valence-electron chi connectivity index (χ0n) is 21.1. The summed E-state index contributed by atoms with van der Waals surface area (Å²) in [5.74, 6) is 1.75. The molecule has 0 bridgehead atoms. The lowest BCUT2D eigenvalue weighted by molar-refractivity contribution is -0.121. The van der Waals surface area contributed by atoms with Crippen molar-refractivity contribution in [3.05, 3.63) is 39.5 Å². The third-order valence-corrected chi connectivity index (χ3v) is 8.98. The van der Waals surface area contributed by atoms with Crippen molar-refractivity contribution in [3.8, 4) is 5.88 Å². The number of ether oxygens (including phenoxy) is 1. The Morgan fingerprint density at radius 2 is 1.91 bits per heavy atom. The molecule has 35 heavy (non-hydrogen) atoms. The maximum absolute atomic E-state index is 12.4. The minimum absolute atomic E-state index is 0.145. The van der Waals surface area contributed by atoms with Crippen molar-refractivity contribution in [1.29, 1.82) is 0 Å². The van der Waals surface area contributed by atoms with Gasteiger partial charge in [-0.1, -0.05) is 6.07 Å². The molecule has 1 amide bonds. The fraction of sp³-hybridized carbons (Fsp3) is 0.679. The fourth-order valence-corrected chi connectivity index (χ4v) is 6.75. The number of pyridine rings is 1. The van der Waals surface area contributed by atoms with Crippen molar-refractivity contribution in [2.24, 2.45) is 5.92 Å². The highest BCUT2D eigenvalue weighted by atomic mass is 32.1. The normalized spacial score (nSPS) is 23.6. The van der Waals surface area contributed by atoms with Crippen molar-refractivity contribution in [1.82, 2.24) is 20.2 Å². The van der Waals surface area contributed by atoms with Gasteiger partial charge in [0.15, 0.2) is 0 Å². The number of nitrogens with one attached hydrogen (secondary N) is 1. The van der Waals surface area contributed by atoms with Gasteiger partial charge in [-0.15, -0.1) is 11.3 Å². The molecule has 5 rings (SSSR count). The molecule has 2 aliphatic carbocycles. The molecule has 0 unspecified atom stereocenters. The van der Waals surface area contributed by atoms with Gasteiger partial charge in [-0.3, -0.25) is 4.79 Å². The summed E-state index contributed by atoms with van der Waals surface area (Å²) < 4.78 is 6.15. The molecule has 2 saturated carbocycles. The minimum Gasteiger partial charge on any atom is -0.474 e. The third-order valence-electron chi connectivity index (χ3n) is 8.06. The largest absolute Gasteiger partial charge is 0.474 e. The van der Waals surface area contributed by atoms with Crippen LogP contribution in [-0.2, 0) is 24.1 Å². The van der Waals surface area contributed by atoms with E-state index in [-0.39, 0.29) is 5.91 Å². The predicted octanol–water partition coefficient (Wildman–Crippen LogP) is 4.88. The molecule has 6 nitrogen and oxygen atoms in total. The third kappa shape index (κ3) is 7.04. The van der Waals surface area contributed by atoms with Crippen LogP contribution in [0.4, 0.5) is 0 Å². The Hall–Kier alpha value is -1.99. The van der Waals surface area contributed by atoms with Crippen LogP contribution in [0.3, 0.4) is 0 Å². The van der Waals surface area contributed by atoms with Crippen LogP contribution in [0.5, 0.6) is 5.88 Å². The van der Waals surface area contributed by atoms with Gasteiger partial charge in [0.05, 0.1) is 11.4 Å². The second-order valence-corrected chi connectivity index (χ2v) is 12.0. The van der Waals surface area contributed by atoms with Crippen LogP contribution in [0.15, 0.2) is 18.3 Å². The van der Waals surface area contributed by atoms with Gasteiger partial charge in [-0.05, 0) is 89.2 Å². The monoisotopic (exact) mass is 496 g/mol. The molecule has 190 valence electrons. The average molecular weight is 497 g/mol. The lowest BCUT2D eigenvalue weighted by Crippen LogP contribution is -2.38. The van der Waals surface area contributed by atoms with E-state index in [2.05, 4.69) is 27.3 Å². The Balaban J connectivity index is 1.01. The first-order valence-electron chi connectivity index (χ1n) is 13.7. The van der Waals surface area contributed by atoms with E-state index >= 15 is 0 Å². The number of thiazole rings is 1. The van der Waals surface area contributed by atoms with Gasteiger partial charge in [-0.25, -0.2) is 9.97 Å². The topological polar surface area (TPSA) is 67.4 Å². The second-order valence-electron chi connectivity index (χ2n) is 10.7. The first kappa shape index (κ1) is 24.7. The molecule has 3 heterocycles. The van der Waals surface area contributed by atoms with Gasteiger partial charge in [-0.2, -0.15) is 0 Å². The summed E-state index contributed by atoms with van der Waals surface area (Å²) in [6, 6.07) is 4.68. The summed E-state index contributed by atoms with van der Waals surface area (Å²) in [4.78, 5) is 25.2. The van der Waals surface area contributed by atoms with E-state index < -0.39 is 0 Å². The summed E-state index contributed by atoms with van der Waals surface area (Å²) in [6.45, 7) is 5.37. The molecule has 2 aromatic rings. The predicted molar refractivity (Wildman–Crippen MR) is 140 cm³/mol. The molecule has 1 N–H and O–H groups in total. The molecular weight excluding hydrogens is 456 g/mol. The molecule has 2 aromatic heterocycles. The number of rotatable bonds is 8. The van der Waals surface area contributed by atoms with Crippen LogP contribution in [0.25, 0.3) is 0 Å². The first-order valence-corrected chi connectivity index (χ1v) is 14.5. The van der Waals surface area contributed by atoms with E-state index in [9.17, 15) is 4.79 Å². The highest BCUT2D eigenvalue weighted by Gasteiger charge is 2.24. The number of aromatic nitrogens is 2. The van der Waals surface area contributed by atoms with Gasteiger partial charge in [0, 0.05) is 48.4 Å². The zero-order valence-corrected chi connectivity index (χ0v) is 22.0. The quantitative estimate of drug-likeness (QED) is 0.564. The molecule has 3 aliphatic rings. The van der Waals surface area contributed by atoms with Crippen LogP contribution in [0.2, 0.25) is 0 Å². The highest BCUT2D eigenvalue weighted by molar-refractivity contribution is 7.11. The standard InChI is InChI=1S/C28H40N4O2S/c1-20-29-19-25(35-20)18-27(33)30-23-9-6-21(7-10-23)12-15-32-16-13-22-8-11-28(31-26(22)14-17-32)34-24-4-2-3-5-24/h8,11,19,21,23-24H,2-7,9-10,12-18H2,1H3,(H,30,33). The molecule has 0 atom stereocenters. The molecule has 2 fully saturated rings. The summed E-state index contributed by atoms with van der Waals surface area (Å²) in [6.07, 6.45) is 15.6. The van der Waals surface area contributed by atoms with Crippen LogP contribution < -0.4 is 10.1 Å². The van der Waals surface area contributed by atoms with E-state index in [0.29, 0.717) is 18.6 Å². The summed E-state index contributed by atoms with van der Waals surface area (Å²) in [7, 11) is 0. The minimum atomic E-state index is 0.145. The Morgan fingerprint density at radius 3 is 2.69 bits per heavy atom. The van der Waals surface area contributed by atoms with Crippen molar-refractivity contribution in [2.75, 3.05) is 19.6 Å². The lowest BCUT2D eigenvalue weighted by atomic mass is 9.84. The number of hydrogen-bond donors (Lipinski definition) is 1. The summed E-state index contributed by atoms with van der Waals surface area (Å²) in [5, 5.41) is 4.28. The Labute approximate surface area is 213 Å². The Bertz CT molecular complexity index is 979. The van der Waals surface area contributed by atoms with E-state index in [1.165, 1.54) is 62.7 Å². The number of carbonyl (C=O) groups excluding carboxylic acids is 1. The van der Waals surface area contributed by atoms with Crippen molar-refractivity contribution >= 4 is 17.2 Å².